The topological polar surface area (TPSA) is 42.1 Å². The molecule has 3 nitrogen and oxygen atoms in total. The summed E-state index contributed by atoms with van der Waals surface area (Å²) in [6.45, 7) is 0. The molecule has 17 heavy (non-hydrogen) atoms. The van der Waals surface area contributed by atoms with Crippen LogP contribution in [0.15, 0.2) is 18.2 Å². The summed E-state index contributed by atoms with van der Waals surface area (Å²) in [5.74, 6) is -0.399. The molecule has 2 aromatic rings. The molecule has 7 heteroatoms. The van der Waals surface area contributed by atoms with Gasteiger partial charge in [0.1, 0.15) is 10.9 Å². The number of hydrogen-bond donors (Lipinski definition) is 1. The summed E-state index contributed by atoms with van der Waals surface area (Å²) in [6, 6.07) is 3.60. The van der Waals surface area contributed by atoms with Crippen molar-refractivity contribution < 1.29 is 22.7 Å². The van der Waals surface area contributed by atoms with Crippen LogP contribution in [-0.2, 0) is 0 Å². The van der Waals surface area contributed by atoms with Gasteiger partial charge in [-0.1, -0.05) is 11.6 Å². The first-order chi connectivity index (χ1) is 7.90. The first-order valence-electron chi connectivity index (χ1n) is 4.43. The Morgan fingerprint density at radius 2 is 2.06 bits per heavy atom. The number of rotatable bonds is 2. The van der Waals surface area contributed by atoms with Gasteiger partial charge in [0.05, 0.1) is 5.56 Å². The number of carbonyl (C=O) groups excluding carboxylic acids is 1. The molecule has 0 saturated heterocycles. The largest absolute Gasteiger partial charge is 0.573 e. The van der Waals surface area contributed by atoms with E-state index in [1.165, 1.54) is 6.07 Å². The van der Waals surface area contributed by atoms with Crippen LogP contribution >= 0.6 is 11.6 Å². The molecule has 1 N–H and O–H groups in total. The number of aromatic nitrogens is 1. The number of benzene rings is 1. The number of halogens is 4. The number of aldehydes is 1. The molecular formula is C10H5ClF3NO2. The molecular weight excluding hydrogens is 259 g/mol. The fraction of sp³-hybridized carbons (Fsp3) is 0.100. The number of carbonyl (C=O) groups is 1. The summed E-state index contributed by atoms with van der Waals surface area (Å²) in [5, 5.41) is 0.367. The molecule has 0 atom stereocenters. The Bertz CT molecular complexity index is 577. The molecule has 0 spiro atoms. The van der Waals surface area contributed by atoms with E-state index in [-0.39, 0.29) is 16.1 Å². The molecule has 1 heterocycles. The minimum Gasteiger partial charge on any atom is -0.406 e. The fourth-order valence-electron chi connectivity index (χ4n) is 1.47. The summed E-state index contributed by atoms with van der Waals surface area (Å²) in [4.78, 5) is 13.4. The van der Waals surface area contributed by atoms with Crippen LogP contribution in [0.5, 0.6) is 5.75 Å². The lowest BCUT2D eigenvalue weighted by Crippen LogP contribution is -2.16. The Morgan fingerprint density at radius 3 is 2.65 bits per heavy atom. The third-order valence-corrected chi connectivity index (χ3v) is 2.41. The highest BCUT2D eigenvalue weighted by Gasteiger charge is 2.31. The Labute approximate surface area is 98.1 Å². The highest BCUT2D eigenvalue weighted by molar-refractivity contribution is 6.34. The van der Waals surface area contributed by atoms with Crippen molar-refractivity contribution in [2.75, 3.05) is 0 Å². The molecule has 0 bridgehead atoms. The maximum Gasteiger partial charge on any atom is 0.573 e. The van der Waals surface area contributed by atoms with Crippen molar-refractivity contribution in [3.05, 3.63) is 28.9 Å². The molecule has 0 aliphatic heterocycles. The number of H-pyrrole nitrogens is 1. The van der Waals surface area contributed by atoms with E-state index in [0.29, 0.717) is 11.8 Å². The van der Waals surface area contributed by atoms with E-state index in [4.69, 9.17) is 11.6 Å². The van der Waals surface area contributed by atoms with E-state index >= 15 is 0 Å². The van der Waals surface area contributed by atoms with E-state index in [9.17, 15) is 18.0 Å². The second-order valence-corrected chi connectivity index (χ2v) is 3.60. The first kappa shape index (κ1) is 11.8. The van der Waals surface area contributed by atoms with Gasteiger partial charge in [-0.25, -0.2) is 0 Å². The average Bonchev–Trinajstić information content (AvgIpc) is 2.50. The maximum absolute atomic E-state index is 12.0. The van der Waals surface area contributed by atoms with Gasteiger partial charge in [0, 0.05) is 10.9 Å². The van der Waals surface area contributed by atoms with E-state index in [2.05, 4.69) is 9.72 Å². The highest BCUT2D eigenvalue weighted by atomic mass is 35.5. The molecule has 1 aromatic heterocycles. The molecule has 0 radical (unpaired) electrons. The second kappa shape index (κ2) is 3.96. The average molecular weight is 264 g/mol. The zero-order valence-electron chi connectivity index (χ0n) is 8.14. The van der Waals surface area contributed by atoms with Crippen LogP contribution in [0.1, 0.15) is 10.4 Å². The summed E-state index contributed by atoms with van der Waals surface area (Å²) in [7, 11) is 0. The van der Waals surface area contributed by atoms with Crippen LogP contribution in [0, 0.1) is 0 Å². The number of alkyl halides is 3. The molecule has 0 saturated carbocycles. The van der Waals surface area contributed by atoms with Crippen molar-refractivity contribution in [3.63, 3.8) is 0 Å². The van der Waals surface area contributed by atoms with Crippen molar-refractivity contribution >= 4 is 28.8 Å². The summed E-state index contributed by atoms with van der Waals surface area (Å²) in [5.41, 5.74) is 0.570. The van der Waals surface area contributed by atoms with Crippen LogP contribution in [0.25, 0.3) is 10.9 Å². The standard InChI is InChI=1S/C10H5ClF3NO2/c11-9-7(4-16)6-3-5(17-10(12,13)14)1-2-8(6)15-9/h1-4,15H. The first-order valence-corrected chi connectivity index (χ1v) is 4.80. The van der Waals surface area contributed by atoms with Crippen molar-refractivity contribution in [2.45, 2.75) is 6.36 Å². The van der Waals surface area contributed by atoms with Gasteiger partial charge in [-0.15, -0.1) is 13.2 Å². The molecule has 0 unspecified atom stereocenters. The normalized spacial score (nSPS) is 11.8. The summed E-state index contributed by atoms with van der Waals surface area (Å²) >= 11 is 5.70. The molecule has 1 aromatic carbocycles. The summed E-state index contributed by atoms with van der Waals surface area (Å²) in [6.07, 6.45) is -4.30. The van der Waals surface area contributed by atoms with Crippen LogP contribution in [0.4, 0.5) is 13.2 Å². The van der Waals surface area contributed by atoms with Gasteiger partial charge in [-0.3, -0.25) is 4.79 Å². The van der Waals surface area contributed by atoms with Gasteiger partial charge in [0.25, 0.3) is 0 Å². The Morgan fingerprint density at radius 1 is 1.35 bits per heavy atom. The van der Waals surface area contributed by atoms with Crippen LogP contribution in [0.3, 0.4) is 0 Å². The van der Waals surface area contributed by atoms with Gasteiger partial charge < -0.3 is 9.72 Å². The number of fused-ring (bicyclic) bond motifs is 1. The molecule has 0 amide bonds. The van der Waals surface area contributed by atoms with Crippen LogP contribution < -0.4 is 4.74 Å². The van der Waals surface area contributed by atoms with E-state index in [1.807, 2.05) is 0 Å². The van der Waals surface area contributed by atoms with Gasteiger partial charge in [-0.05, 0) is 18.2 Å². The highest BCUT2D eigenvalue weighted by Crippen LogP contribution is 2.30. The number of hydrogen-bond acceptors (Lipinski definition) is 2. The van der Waals surface area contributed by atoms with Crippen LogP contribution in [-0.4, -0.2) is 17.6 Å². The fourth-order valence-corrected chi connectivity index (χ4v) is 1.72. The van der Waals surface area contributed by atoms with Gasteiger partial charge in [-0.2, -0.15) is 0 Å². The minimum atomic E-state index is -4.77. The Kier molecular flexibility index (Phi) is 2.74. The van der Waals surface area contributed by atoms with E-state index in [0.717, 1.165) is 12.1 Å². The number of nitrogens with one attached hydrogen (secondary N) is 1. The maximum atomic E-state index is 12.0. The second-order valence-electron chi connectivity index (χ2n) is 3.23. The van der Waals surface area contributed by atoms with Crippen molar-refractivity contribution in [2.24, 2.45) is 0 Å². The SMILES string of the molecule is O=Cc1c(Cl)[nH]c2ccc(OC(F)(F)F)cc12. The third-order valence-electron chi connectivity index (χ3n) is 2.11. The van der Waals surface area contributed by atoms with Crippen LogP contribution in [0.2, 0.25) is 5.15 Å². The zero-order chi connectivity index (χ0) is 12.6. The summed E-state index contributed by atoms with van der Waals surface area (Å²) < 4.78 is 39.8. The zero-order valence-corrected chi connectivity index (χ0v) is 8.89. The number of aromatic amines is 1. The molecule has 0 aliphatic carbocycles. The van der Waals surface area contributed by atoms with E-state index in [1.54, 1.807) is 0 Å². The Balaban J connectivity index is 2.52. The van der Waals surface area contributed by atoms with Gasteiger partial charge >= 0.3 is 6.36 Å². The lowest BCUT2D eigenvalue weighted by molar-refractivity contribution is -0.274. The monoisotopic (exact) mass is 263 g/mol. The quantitative estimate of drug-likeness (QED) is 0.842. The van der Waals surface area contributed by atoms with Gasteiger partial charge in [0.2, 0.25) is 0 Å². The third kappa shape index (κ3) is 2.36. The lowest BCUT2D eigenvalue weighted by Gasteiger charge is -2.08. The predicted molar refractivity (Wildman–Crippen MR) is 55.4 cm³/mol. The van der Waals surface area contributed by atoms with Crippen molar-refractivity contribution in [3.8, 4) is 5.75 Å². The van der Waals surface area contributed by atoms with Crippen molar-refractivity contribution in [1.29, 1.82) is 0 Å². The van der Waals surface area contributed by atoms with Gasteiger partial charge in [0.15, 0.2) is 6.29 Å². The Hall–Kier alpha value is -1.69. The predicted octanol–water partition coefficient (Wildman–Crippen LogP) is 3.53. The van der Waals surface area contributed by atoms with E-state index < -0.39 is 12.1 Å². The molecule has 0 fully saturated rings. The molecule has 0 aliphatic rings. The molecule has 2 rings (SSSR count). The lowest BCUT2D eigenvalue weighted by atomic mass is 10.2. The molecule has 90 valence electrons. The smallest absolute Gasteiger partial charge is 0.406 e. The minimum absolute atomic E-state index is 0.0826. The van der Waals surface area contributed by atoms with Crippen molar-refractivity contribution in [1.82, 2.24) is 4.98 Å². The number of ether oxygens (including phenoxy) is 1.